The molecule has 1 aliphatic rings. The third-order valence-electron chi connectivity index (χ3n) is 3.60. The third-order valence-corrected chi connectivity index (χ3v) is 3.60. The van der Waals surface area contributed by atoms with Crippen LogP contribution in [0, 0.1) is 6.92 Å². The maximum Gasteiger partial charge on any atom is 0.292 e. The molecule has 7 heteroatoms. The van der Waals surface area contributed by atoms with E-state index in [9.17, 15) is 4.79 Å². The Hall–Kier alpha value is -2.31. The maximum atomic E-state index is 12.7. The van der Waals surface area contributed by atoms with Gasteiger partial charge in [-0.25, -0.2) is 9.97 Å². The summed E-state index contributed by atoms with van der Waals surface area (Å²) in [6, 6.07) is 1.50. The zero-order chi connectivity index (χ0) is 14.7. The van der Waals surface area contributed by atoms with Crippen LogP contribution in [0.15, 0.2) is 22.9 Å². The van der Waals surface area contributed by atoms with E-state index in [1.807, 2.05) is 0 Å². The van der Waals surface area contributed by atoms with Crippen LogP contribution < -0.4 is 0 Å². The first-order valence-electron chi connectivity index (χ1n) is 7.13. The van der Waals surface area contributed by atoms with Crippen molar-refractivity contribution in [3.63, 3.8) is 0 Å². The van der Waals surface area contributed by atoms with E-state index < -0.39 is 0 Å². The van der Waals surface area contributed by atoms with Gasteiger partial charge in [0.2, 0.25) is 17.6 Å². The number of aromatic nitrogens is 4. The Kier molecular flexibility index (Phi) is 3.89. The molecule has 1 unspecified atom stereocenters. The van der Waals surface area contributed by atoms with Crippen molar-refractivity contribution in [1.29, 1.82) is 0 Å². The lowest BCUT2D eigenvalue weighted by atomic mass is 10.1. The molecule has 3 rings (SSSR count). The molecule has 2 aromatic heterocycles. The molecule has 0 saturated carbocycles. The number of nitrogens with zero attached hydrogens (tertiary/aromatic N) is 5. The average molecular weight is 287 g/mol. The van der Waals surface area contributed by atoms with Crippen molar-refractivity contribution in [3.05, 3.63) is 36.1 Å². The Bertz CT molecular complexity index is 613. The lowest BCUT2D eigenvalue weighted by molar-refractivity contribution is 0.0638. The van der Waals surface area contributed by atoms with Crippen molar-refractivity contribution in [1.82, 2.24) is 25.1 Å². The molecule has 1 amide bonds. The highest BCUT2D eigenvalue weighted by molar-refractivity contribution is 5.90. The summed E-state index contributed by atoms with van der Waals surface area (Å²) in [5, 5.41) is 7.96. The van der Waals surface area contributed by atoms with E-state index in [2.05, 4.69) is 20.2 Å². The Labute approximate surface area is 122 Å². The average Bonchev–Trinajstić information content (AvgIpc) is 2.80. The van der Waals surface area contributed by atoms with Crippen LogP contribution in [0.5, 0.6) is 0 Å². The second-order valence-corrected chi connectivity index (χ2v) is 5.10. The van der Waals surface area contributed by atoms with E-state index in [0.717, 1.165) is 25.7 Å². The second kappa shape index (κ2) is 5.99. The van der Waals surface area contributed by atoms with Crippen LogP contribution in [0.2, 0.25) is 0 Å². The van der Waals surface area contributed by atoms with Crippen molar-refractivity contribution >= 4 is 5.91 Å². The number of amides is 1. The largest absolute Gasteiger partial charge is 0.423 e. The standard InChI is InChI=1S/C14H17N5O2/c1-10-17-18-13(21-10)11-6-3-2-4-9-19(11)14(20)12-15-7-5-8-16-12/h5,7-8,11H,2-4,6,9H2,1H3. The number of hydrogen-bond donors (Lipinski definition) is 0. The number of hydrogen-bond acceptors (Lipinski definition) is 6. The van der Waals surface area contributed by atoms with E-state index in [4.69, 9.17) is 4.42 Å². The smallest absolute Gasteiger partial charge is 0.292 e. The maximum absolute atomic E-state index is 12.7. The molecule has 1 aliphatic heterocycles. The van der Waals surface area contributed by atoms with Gasteiger partial charge in [-0.2, -0.15) is 0 Å². The van der Waals surface area contributed by atoms with Crippen molar-refractivity contribution in [2.45, 2.75) is 38.6 Å². The molecule has 2 aromatic rings. The summed E-state index contributed by atoms with van der Waals surface area (Å²) in [7, 11) is 0. The molecule has 0 spiro atoms. The Morgan fingerprint density at radius 3 is 2.76 bits per heavy atom. The van der Waals surface area contributed by atoms with Gasteiger partial charge in [-0.3, -0.25) is 4.79 Å². The molecule has 1 fully saturated rings. The number of carbonyl (C=O) groups is 1. The van der Waals surface area contributed by atoms with Gasteiger partial charge in [-0.05, 0) is 18.9 Å². The van der Waals surface area contributed by atoms with E-state index in [0.29, 0.717) is 18.3 Å². The molecule has 3 heterocycles. The fourth-order valence-electron chi connectivity index (χ4n) is 2.59. The molecule has 0 N–H and O–H groups in total. The zero-order valence-corrected chi connectivity index (χ0v) is 11.9. The third kappa shape index (κ3) is 2.91. The Balaban J connectivity index is 1.90. The number of rotatable bonds is 2. The molecule has 0 aromatic carbocycles. The fraction of sp³-hybridized carbons (Fsp3) is 0.500. The minimum absolute atomic E-state index is 0.182. The Morgan fingerprint density at radius 1 is 1.24 bits per heavy atom. The minimum Gasteiger partial charge on any atom is -0.423 e. The van der Waals surface area contributed by atoms with Gasteiger partial charge in [-0.15, -0.1) is 10.2 Å². The molecule has 7 nitrogen and oxygen atoms in total. The zero-order valence-electron chi connectivity index (χ0n) is 11.9. The topological polar surface area (TPSA) is 85.0 Å². The Morgan fingerprint density at radius 2 is 2.05 bits per heavy atom. The summed E-state index contributed by atoms with van der Waals surface area (Å²) < 4.78 is 5.54. The molecule has 0 aliphatic carbocycles. The summed E-state index contributed by atoms with van der Waals surface area (Å²) in [4.78, 5) is 22.5. The molecule has 1 atom stereocenters. The summed E-state index contributed by atoms with van der Waals surface area (Å²) >= 11 is 0. The SMILES string of the molecule is Cc1nnc(C2CCCCCN2C(=O)c2ncccn2)o1. The van der Waals surface area contributed by atoms with Gasteiger partial charge < -0.3 is 9.32 Å². The molecule has 110 valence electrons. The summed E-state index contributed by atoms with van der Waals surface area (Å²) in [6.07, 6.45) is 7.05. The van der Waals surface area contributed by atoms with Crippen LogP contribution in [0.4, 0.5) is 0 Å². The van der Waals surface area contributed by atoms with Gasteiger partial charge in [0.25, 0.3) is 5.91 Å². The van der Waals surface area contributed by atoms with Gasteiger partial charge in [0.1, 0.15) is 6.04 Å². The highest BCUT2D eigenvalue weighted by Gasteiger charge is 2.32. The highest BCUT2D eigenvalue weighted by atomic mass is 16.4. The lowest BCUT2D eigenvalue weighted by Crippen LogP contribution is -2.36. The fourth-order valence-corrected chi connectivity index (χ4v) is 2.59. The highest BCUT2D eigenvalue weighted by Crippen LogP contribution is 2.30. The molecule has 0 radical (unpaired) electrons. The van der Waals surface area contributed by atoms with Crippen LogP contribution in [-0.2, 0) is 0 Å². The number of carbonyl (C=O) groups excluding carboxylic acids is 1. The van der Waals surface area contributed by atoms with Crippen LogP contribution >= 0.6 is 0 Å². The van der Waals surface area contributed by atoms with Crippen LogP contribution in [0.1, 0.15) is 54.1 Å². The molecular formula is C14H17N5O2. The van der Waals surface area contributed by atoms with E-state index in [1.54, 1.807) is 30.3 Å². The summed E-state index contributed by atoms with van der Waals surface area (Å²) in [5.74, 6) is 1.04. The number of likely N-dealkylation sites (tertiary alicyclic amines) is 1. The molecule has 21 heavy (non-hydrogen) atoms. The van der Waals surface area contributed by atoms with Gasteiger partial charge in [0.15, 0.2) is 0 Å². The monoisotopic (exact) mass is 287 g/mol. The van der Waals surface area contributed by atoms with E-state index >= 15 is 0 Å². The second-order valence-electron chi connectivity index (χ2n) is 5.10. The first kappa shape index (κ1) is 13.7. The quantitative estimate of drug-likeness (QED) is 0.839. The van der Waals surface area contributed by atoms with Crippen molar-refractivity contribution in [2.24, 2.45) is 0 Å². The van der Waals surface area contributed by atoms with Crippen molar-refractivity contribution in [2.75, 3.05) is 6.54 Å². The van der Waals surface area contributed by atoms with Gasteiger partial charge >= 0.3 is 0 Å². The molecule has 1 saturated heterocycles. The first-order chi connectivity index (χ1) is 10.3. The predicted molar refractivity (Wildman–Crippen MR) is 73.3 cm³/mol. The van der Waals surface area contributed by atoms with E-state index in [-0.39, 0.29) is 17.8 Å². The van der Waals surface area contributed by atoms with Crippen LogP contribution in [-0.4, -0.2) is 37.5 Å². The molecular weight excluding hydrogens is 270 g/mol. The van der Waals surface area contributed by atoms with Crippen LogP contribution in [0.3, 0.4) is 0 Å². The van der Waals surface area contributed by atoms with Gasteiger partial charge in [0, 0.05) is 25.9 Å². The van der Waals surface area contributed by atoms with Crippen molar-refractivity contribution < 1.29 is 9.21 Å². The van der Waals surface area contributed by atoms with Crippen LogP contribution in [0.25, 0.3) is 0 Å². The lowest BCUT2D eigenvalue weighted by Gasteiger charge is -2.26. The predicted octanol–water partition coefficient (Wildman–Crippen LogP) is 1.93. The first-order valence-corrected chi connectivity index (χ1v) is 7.13. The molecule has 0 bridgehead atoms. The normalized spacial score (nSPS) is 19.3. The number of aryl methyl sites for hydroxylation is 1. The van der Waals surface area contributed by atoms with E-state index in [1.165, 1.54) is 0 Å². The van der Waals surface area contributed by atoms with Gasteiger partial charge in [-0.1, -0.05) is 12.8 Å². The summed E-state index contributed by atoms with van der Waals surface area (Å²) in [5.41, 5.74) is 0. The summed E-state index contributed by atoms with van der Waals surface area (Å²) in [6.45, 7) is 2.41. The van der Waals surface area contributed by atoms with Crippen molar-refractivity contribution in [3.8, 4) is 0 Å². The van der Waals surface area contributed by atoms with Gasteiger partial charge in [0.05, 0.1) is 0 Å². The minimum atomic E-state index is -0.190.